The first kappa shape index (κ1) is 21.9. The minimum atomic E-state index is -0.437. The van der Waals surface area contributed by atoms with Crippen molar-refractivity contribution in [3.8, 4) is 28.1 Å². The summed E-state index contributed by atoms with van der Waals surface area (Å²) in [5.74, 6) is 0.661. The Morgan fingerprint density at radius 3 is 2.67 bits per heavy atom. The molecule has 0 saturated carbocycles. The maximum Gasteiger partial charge on any atom is 0.269 e. The summed E-state index contributed by atoms with van der Waals surface area (Å²) in [5.41, 5.74) is 4.44. The summed E-state index contributed by atoms with van der Waals surface area (Å²) in [6.45, 7) is 0. The van der Waals surface area contributed by atoms with Crippen LogP contribution >= 0.6 is 11.6 Å². The molecule has 36 heavy (non-hydrogen) atoms. The Bertz CT molecular complexity index is 1660. The Kier molecular flexibility index (Phi) is 5.19. The molecule has 0 spiro atoms. The number of rotatable bonds is 5. The van der Waals surface area contributed by atoms with E-state index in [1.54, 1.807) is 41.1 Å². The molecule has 3 aromatic heterocycles. The summed E-state index contributed by atoms with van der Waals surface area (Å²) < 4.78 is 3.28. The number of non-ortho nitro benzene ring substituents is 1. The number of imidazole rings is 1. The second-order valence-electron chi connectivity index (χ2n) is 8.40. The van der Waals surface area contributed by atoms with E-state index in [0.29, 0.717) is 29.4 Å². The van der Waals surface area contributed by atoms with Gasteiger partial charge in [-0.1, -0.05) is 11.6 Å². The van der Waals surface area contributed by atoms with Gasteiger partial charge in [-0.25, -0.2) is 4.98 Å². The van der Waals surface area contributed by atoms with Gasteiger partial charge in [0, 0.05) is 40.0 Å². The molecule has 0 saturated heterocycles. The fourth-order valence-corrected chi connectivity index (χ4v) is 4.81. The molecule has 1 N–H and O–H groups in total. The zero-order valence-electron chi connectivity index (χ0n) is 18.6. The van der Waals surface area contributed by atoms with Crippen LogP contribution in [0.5, 0.6) is 0 Å². The average molecular weight is 501 g/mol. The third kappa shape index (κ3) is 3.75. The van der Waals surface area contributed by atoms with Crippen LogP contribution < -0.4 is 5.56 Å². The first-order chi connectivity index (χ1) is 17.5. The molecule has 11 nitrogen and oxygen atoms in total. The summed E-state index contributed by atoms with van der Waals surface area (Å²) in [7, 11) is 0. The number of halogens is 1. The number of nitrogens with one attached hydrogen (secondary N) is 1. The van der Waals surface area contributed by atoms with Gasteiger partial charge in [0.15, 0.2) is 0 Å². The van der Waals surface area contributed by atoms with Crippen LogP contribution in [0.3, 0.4) is 0 Å². The van der Waals surface area contributed by atoms with Gasteiger partial charge in [-0.2, -0.15) is 4.68 Å². The fourth-order valence-electron chi connectivity index (χ4n) is 4.64. The molecule has 0 aliphatic carbocycles. The molecule has 1 unspecified atom stereocenters. The maximum absolute atomic E-state index is 13.3. The molecular weight excluding hydrogens is 484 g/mol. The summed E-state index contributed by atoms with van der Waals surface area (Å²) in [4.78, 5) is 31.6. The predicted octanol–water partition coefficient (Wildman–Crippen LogP) is 3.98. The van der Waals surface area contributed by atoms with Crippen molar-refractivity contribution in [1.29, 1.82) is 0 Å². The van der Waals surface area contributed by atoms with Gasteiger partial charge in [0.05, 0.1) is 28.5 Å². The van der Waals surface area contributed by atoms with Gasteiger partial charge in [0.1, 0.15) is 12.2 Å². The van der Waals surface area contributed by atoms with Crippen molar-refractivity contribution in [3.63, 3.8) is 0 Å². The number of tetrazole rings is 1. The number of hydrogen-bond acceptors (Lipinski definition) is 7. The highest BCUT2D eigenvalue weighted by atomic mass is 35.5. The lowest BCUT2D eigenvalue weighted by atomic mass is 10.0. The summed E-state index contributed by atoms with van der Waals surface area (Å²) >= 11 is 6.28. The Hall–Kier alpha value is -4.64. The number of aryl methyl sites for hydroxylation is 1. The van der Waals surface area contributed by atoms with Gasteiger partial charge < -0.3 is 9.55 Å². The Balaban J connectivity index is 1.35. The number of nitro benzene ring substituents is 1. The van der Waals surface area contributed by atoms with E-state index in [-0.39, 0.29) is 17.3 Å². The van der Waals surface area contributed by atoms with E-state index in [4.69, 9.17) is 11.6 Å². The highest BCUT2D eigenvalue weighted by Gasteiger charge is 2.28. The molecule has 4 heterocycles. The Morgan fingerprint density at radius 2 is 1.92 bits per heavy atom. The van der Waals surface area contributed by atoms with Gasteiger partial charge in [-0.05, 0) is 65.2 Å². The van der Waals surface area contributed by atoms with Crippen LogP contribution in [0.4, 0.5) is 5.69 Å². The molecule has 1 atom stereocenters. The van der Waals surface area contributed by atoms with Gasteiger partial charge in [0.2, 0.25) is 0 Å². The summed E-state index contributed by atoms with van der Waals surface area (Å²) in [6.07, 6.45) is 4.57. The van der Waals surface area contributed by atoms with Crippen molar-refractivity contribution in [2.75, 3.05) is 0 Å². The molecule has 2 aromatic carbocycles. The van der Waals surface area contributed by atoms with Crippen LogP contribution in [0.1, 0.15) is 24.0 Å². The first-order valence-electron chi connectivity index (χ1n) is 11.1. The SMILES string of the molecule is O=c1cc(-c2cc(Cl)ccc2-n2cnnn2)cc2n1C(c1ncc(-c3ccc([N+](=O)[O-])cc3)[nH]1)CC2. The highest BCUT2D eigenvalue weighted by Crippen LogP contribution is 2.34. The van der Waals surface area contributed by atoms with Crippen LogP contribution in [-0.4, -0.2) is 39.7 Å². The van der Waals surface area contributed by atoms with Gasteiger partial charge in [0.25, 0.3) is 11.2 Å². The first-order valence-corrected chi connectivity index (χ1v) is 11.4. The lowest BCUT2D eigenvalue weighted by molar-refractivity contribution is -0.384. The molecule has 6 rings (SSSR count). The minimum Gasteiger partial charge on any atom is -0.340 e. The third-order valence-electron chi connectivity index (χ3n) is 6.30. The number of benzene rings is 2. The zero-order chi connectivity index (χ0) is 24.8. The van der Waals surface area contributed by atoms with Crippen molar-refractivity contribution in [3.05, 3.63) is 104 Å². The van der Waals surface area contributed by atoms with Crippen LogP contribution in [0, 0.1) is 10.1 Å². The van der Waals surface area contributed by atoms with E-state index in [2.05, 4.69) is 25.5 Å². The number of H-pyrrole nitrogens is 1. The number of aromatic amines is 1. The quantitative estimate of drug-likeness (QED) is 0.284. The largest absolute Gasteiger partial charge is 0.340 e. The van der Waals surface area contributed by atoms with E-state index < -0.39 is 4.92 Å². The van der Waals surface area contributed by atoms with E-state index in [1.165, 1.54) is 23.1 Å². The smallest absolute Gasteiger partial charge is 0.269 e. The van der Waals surface area contributed by atoms with Crippen LogP contribution in [-0.2, 0) is 6.42 Å². The average Bonchev–Trinajstić information content (AvgIpc) is 3.64. The normalized spacial score (nSPS) is 14.6. The van der Waals surface area contributed by atoms with E-state index in [9.17, 15) is 14.9 Å². The van der Waals surface area contributed by atoms with Crippen LogP contribution in [0.15, 0.2) is 71.9 Å². The zero-order valence-corrected chi connectivity index (χ0v) is 19.3. The van der Waals surface area contributed by atoms with Crippen molar-refractivity contribution in [1.82, 2.24) is 34.7 Å². The van der Waals surface area contributed by atoms with Crippen LogP contribution in [0.2, 0.25) is 5.02 Å². The predicted molar refractivity (Wildman–Crippen MR) is 131 cm³/mol. The topological polar surface area (TPSA) is 137 Å². The Morgan fingerprint density at radius 1 is 1.08 bits per heavy atom. The van der Waals surface area contributed by atoms with Crippen LogP contribution in [0.25, 0.3) is 28.1 Å². The number of fused-ring (bicyclic) bond motifs is 1. The number of hydrogen-bond donors (Lipinski definition) is 1. The monoisotopic (exact) mass is 500 g/mol. The minimum absolute atomic E-state index is 0.0218. The molecule has 5 aromatic rings. The molecule has 0 fully saturated rings. The number of aromatic nitrogens is 7. The number of nitro groups is 1. The molecule has 1 aliphatic rings. The van der Waals surface area contributed by atoms with Crippen molar-refractivity contribution in [2.45, 2.75) is 18.9 Å². The van der Waals surface area contributed by atoms with E-state index >= 15 is 0 Å². The highest BCUT2D eigenvalue weighted by molar-refractivity contribution is 6.31. The van der Waals surface area contributed by atoms with E-state index in [1.807, 2.05) is 12.1 Å². The van der Waals surface area contributed by atoms with Gasteiger partial charge >= 0.3 is 0 Å². The van der Waals surface area contributed by atoms with E-state index in [0.717, 1.165) is 28.1 Å². The molecular formula is C24H17ClN8O3. The molecule has 12 heteroatoms. The third-order valence-corrected chi connectivity index (χ3v) is 6.53. The second kappa shape index (κ2) is 8.54. The molecule has 0 amide bonds. The fraction of sp³-hybridized carbons (Fsp3) is 0.125. The summed E-state index contributed by atoms with van der Waals surface area (Å²) in [5, 5.41) is 22.8. The number of nitrogens with zero attached hydrogens (tertiary/aromatic N) is 7. The van der Waals surface area contributed by atoms with Crippen molar-refractivity contribution >= 4 is 17.3 Å². The summed E-state index contributed by atoms with van der Waals surface area (Å²) in [6, 6.07) is 14.9. The van der Waals surface area contributed by atoms with Gasteiger partial charge in [-0.15, -0.1) is 5.10 Å². The Labute approximate surface area is 208 Å². The maximum atomic E-state index is 13.3. The standard InChI is InChI=1S/C24H17ClN8O3/c25-16-3-7-21(31-13-27-29-30-31)19(11-16)15-9-18-6-8-22(32(18)23(34)10-15)24-26-12-20(28-24)14-1-4-17(5-2-14)33(35)36/h1-5,7,9-13,22H,6,8H2,(H,26,28). The molecule has 1 aliphatic heterocycles. The molecule has 0 radical (unpaired) electrons. The number of pyridine rings is 1. The van der Waals surface area contributed by atoms with Crippen molar-refractivity contribution < 1.29 is 4.92 Å². The lowest BCUT2D eigenvalue weighted by Crippen LogP contribution is -2.23. The second-order valence-corrected chi connectivity index (χ2v) is 8.84. The lowest BCUT2D eigenvalue weighted by Gasteiger charge is -2.15. The van der Waals surface area contributed by atoms with Gasteiger partial charge in [-0.3, -0.25) is 14.9 Å². The van der Waals surface area contributed by atoms with Crippen molar-refractivity contribution in [2.24, 2.45) is 0 Å². The molecule has 0 bridgehead atoms. The molecule has 178 valence electrons.